The monoisotopic (exact) mass is 257 g/mol. The van der Waals surface area contributed by atoms with Gasteiger partial charge in [0, 0.05) is 32.0 Å². The summed E-state index contributed by atoms with van der Waals surface area (Å²) in [5.41, 5.74) is -0.658. The van der Waals surface area contributed by atoms with Crippen LogP contribution in [0.5, 0.6) is 0 Å². The van der Waals surface area contributed by atoms with Gasteiger partial charge in [0.05, 0.1) is 12.2 Å². The molecule has 1 heterocycles. The first-order chi connectivity index (χ1) is 8.43. The van der Waals surface area contributed by atoms with Crippen LogP contribution in [0.2, 0.25) is 0 Å². The first kappa shape index (κ1) is 15.6. The summed E-state index contributed by atoms with van der Waals surface area (Å²) in [6, 6.07) is 0. The highest BCUT2D eigenvalue weighted by molar-refractivity contribution is 5.80. The van der Waals surface area contributed by atoms with E-state index >= 15 is 0 Å². The minimum atomic E-state index is -0.658. The van der Waals surface area contributed by atoms with Crippen molar-refractivity contribution in [2.24, 2.45) is 5.92 Å². The predicted octanol–water partition coefficient (Wildman–Crippen LogP) is 1.46. The Kier molecular flexibility index (Phi) is 6.26. The third-order valence-electron chi connectivity index (χ3n) is 3.64. The number of ketones is 1. The van der Waals surface area contributed by atoms with Crippen LogP contribution in [0.3, 0.4) is 0 Å². The first-order valence-electron chi connectivity index (χ1n) is 6.94. The van der Waals surface area contributed by atoms with Gasteiger partial charge in [-0.2, -0.15) is 0 Å². The lowest BCUT2D eigenvalue weighted by Crippen LogP contribution is -2.45. The largest absolute Gasteiger partial charge is 0.387 e. The lowest BCUT2D eigenvalue weighted by molar-refractivity contribution is -0.122. The number of nitrogens with zero attached hydrogens (tertiary/aromatic N) is 1. The molecule has 0 amide bonds. The Morgan fingerprint density at radius 3 is 2.56 bits per heavy atom. The average Bonchev–Trinajstić information content (AvgIpc) is 2.32. The number of hydrogen-bond donors (Lipinski definition) is 1. The van der Waals surface area contributed by atoms with Crippen molar-refractivity contribution in [1.82, 2.24) is 4.90 Å². The molecule has 4 nitrogen and oxygen atoms in total. The zero-order valence-electron chi connectivity index (χ0n) is 11.9. The zero-order valence-corrected chi connectivity index (χ0v) is 11.9. The minimum absolute atomic E-state index is 0.114. The number of rotatable bonds is 7. The summed E-state index contributed by atoms with van der Waals surface area (Å²) in [5.74, 6) is 0.402. The van der Waals surface area contributed by atoms with E-state index in [1.165, 1.54) is 0 Å². The molecule has 1 aliphatic heterocycles. The summed E-state index contributed by atoms with van der Waals surface area (Å²) >= 11 is 0. The van der Waals surface area contributed by atoms with Gasteiger partial charge in [0.15, 0.2) is 0 Å². The van der Waals surface area contributed by atoms with Crippen molar-refractivity contribution < 1.29 is 14.6 Å². The summed E-state index contributed by atoms with van der Waals surface area (Å²) in [6.07, 6.45) is 2.88. The van der Waals surface area contributed by atoms with E-state index in [9.17, 15) is 9.90 Å². The van der Waals surface area contributed by atoms with Crippen LogP contribution in [0.4, 0.5) is 0 Å². The van der Waals surface area contributed by atoms with Crippen LogP contribution in [0.1, 0.15) is 39.5 Å². The summed E-state index contributed by atoms with van der Waals surface area (Å²) in [4.78, 5) is 13.6. The first-order valence-corrected chi connectivity index (χ1v) is 6.94. The fraction of sp³-hybridized carbons (Fsp3) is 0.929. The van der Waals surface area contributed by atoms with Gasteiger partial charge in [0.1, 0.15) is 5.78 Å². The van der Waals surface area contributed by atoms with Crippen LogP contribution in [-0.2, 0) is 9.53 Å². The highest BCUT2D eigenvalue weighted by Gasteiger charge is 2.31. The van der Waals surface area contributed by atoms with Crippen molar-refractivity contribution in [3.63, 3.8) is 0 Å². The molecule has 1 saturated heterocycles. The molecule has 0 atom stereocenters. The average molecular weight is 257 g/mol. The SMILES string of the molecule is CC(C)C(=O)CCCOCC1(O)CCN(C)CC1. The van der Waals surface area contributed by atoms with Crippen LogP contribution in [-0.4, -0.2) is 54.7 Å². The smallest absolute Gasteiger partial charge is 0.135 e. The van der Waals surface area contributed by atoms with Crippen LogP contribution in [0.25, 0.3) is 0 Å². The van der Waals surface area contributed by atoms with E-state index in [1.807, 2.05) is 13.8 Å². The second-order valence-corrected chi connectivity index (χ2v) is 5.80. The molecule has 1 N–H and O–H groups in total. The van der Waals surface area contributed by atoms with Crippen molar-refractivity contribution in [2.45, 2.75) is 45.1 Å². The molecule has 0 radical (unpaired) electrons. The summed E-state index contributed by atoms with van der Waals surface area (Å²) in [7, 11) is 2.07. The van der Waals surface area contributed by atoms with Crippen molar-refractivity contribution >= 4 is 5.78 Å². The van der Waals surface area contributed by atoms with Gasteiger partial charge in [-0.25, -0.2) is 0 Å². The van der Waals surface area contributed by atoms with E-state index in [-0.39, 0.29) is 11.7 Å². The molecule has 1 fully saturated rings. The lowest BCUT2D eigenvalue weighted by atomic mass is 9.93. The fourth-order valence-corrected chi connectivity index (χ4v) is 2.08. The van der Waals surface area contributed by atoms with Gasteiger partial charge in [-0.15, -0.1) is 0 Å². The van der Waals surface area contributed by atoms with Gasteiger partial charge in [0.2, 0.25) is 0 Å². The van der Waals surface area contributed by atoms with Crippen molar-refractivity contribution in [1.29, 1.82) is 0 Å². The zero-order chi connectivity index (χ0) is 13.6. The summed E-state index contributed by atoms with van der Waals surface area (Å²) in [6.45, 7) is 6.65. The Bertz CT molecular complexity index is 258. The molecular formula is C14H27NO3. The van der Waals surface area contributed by atoms with E-state index in [2.05, 4.69) is 11.9 Å². The maximum Gasteiger partial charge on any atom is 0.135 e. The molecule has 18 heavy (non-hydrogen) atoms. The van der Waals surface area contributed by atoms with Crippen molar-refractivity contribution in [2.75, 3.05) is 33.4 Å². The third-order valence-corrected chi connectivity index (χ3v) is 3.64. The second-order valence-electron chi connectivity index (χ2n) is 5.80. The molecule has 0 unspecified atom stereocenters. The topological polar surface area (TPSA) is 49.8 Å². The summed E-state index contributed by atoms with van der Waals surface area (Å²) < 4.78 is 5.52. The minimum Gasteiger partial charge on any atom is -0.387 e. The number of Topliss-reactive ketones (excluding diaryl/α,β-unsaturated/α-hetero) is 1. The number of piperidine rings is 1. The quantitative estimate of drug-likeness (QED) is 0.702. The molecule has 1 rings (SSSR count). The molecule has 0 saturated carbocycles. The van der Waals surface area contributed by atoms with Crippen molar-refractivity contribution in [3.8, 4) is 0 Å². The molecule has 0 aromatic rings. The van der Waals surface area contributed by atoms with Gasteiger partial charge in [-0.3, -0.25) is 4.79 Å². The second kappa shape index (κ2) is 7.22. The molecule has 0 aliphatic carbocycles. The van der Waals surface area contributed by atoms with E-state index in [1.54, 1.807) is 0 Å². The number of carbonyl (C=O) groups excluding carboxylic acids is 1. The maximum absolute atomic E-state index is 11.4. The van der Waals surface area contributed by atoms with Gasteiger partial charge in [0.25, 0.3) is 0 Å². The van der Waals surface area contributed by atoms with E-state index in [0.717, 1.165) is 32.4 Å². The normalized spacial score (nSPS) is 20.3. The fourth-order valence-electron chi connectivity index (χ4n) is 2.08. The molecule has 4 heteroatoms. The van der Waals surface area contributed by atoms with E-state index < -0.39 is 5.60 Å². The standard InChI is InChI=1S/C14H27NO3/c1-12(2)13(16)5-4-10-18-11-14(17)6-8-15(3)9-7-14/h12,17H,4-11H2,1-3H3. The van der Waals surface area contributed by atoms with Crippen LogP contribution >= 0.6 is 0 Å². The Morgan fingerprint density at radius 2 is 2.00 bits per heavy atom. The number of carbonyl (C=O) groups is 1. The Balaban J connectivity index is 2.09. The van der Waals surface area contributed by atoms with Gasteiger partial charge < -0.3 is 14.7 Å². The predicted molar refractivity (Wildman–Crippen MR) is 71.6 cm³/mol. The molecule has 0 aromatic heterocycles. The van der Waals surface area contributed by atoms with Crippen LogP contribution in [0.15, 0.2) is 0 Å². The number of hydrogen-bond acceptors (Lipinski definition) is 4. The van der Waals surface area contributed by atoms with Gasteiger partial charge >= 0.3 is 0 Å². The number of aliphatic hydroxyl groups is 1. The molecular weight excluding hydrogens is 230 g/mol. The molecule has 0 bridgehead atoms. The summed E-state index contributed by atoms with van der Waals surface area (Å²) in [5, 5.41) is 10.3. The highest BCUT2D eigenvalue weighted by atomic mass is 16.5. The van der Waals surface area contributed by atoms with Crippen molar-refractivity contribution in [3.05, 3.63) is 0 Å². The molecule has 1 aliphatic rings. The van der Waals surface area contributed by atoms with E-state index in [0.29, 0.717) is 19.6 Å². The lowest BCUT2D eigenvalue weighted by Gasteiger charge is -2.36. The Morgan fingerprint density at radius 1 is 1.39 bits per heavy atom. The van der Waals surface area contributed by atoms with Gasteiger partial charge in [-0.1, -0.05) is 13.8 Å². The Labute approximate surface area is 110 Å². The molecule has 106 valence electrons. The molecule has 0 aromatic carbocycles. The Hall–Kier alpha value is -0.450. The van der Waals surface area contributed by atoms with Crippen LogP contribution < -0.4 is 0 Å². The maximum atomic E-state index is 11.4. The van der Waals surface area contributed by atoms with E-state index in [4.69, 9.17) is 4.74 Å². The molecule has 0 spiro atoms. The number of ether oxygens (including phenoxy) is 1. The highest BCUT2D eigenvalue weighted by Crippen LogP contribution is 2.21. The third kappa shape index (κ3) is 5.46. The van der Waals surface area contributed by atoms with Gasteiger partial charge in [-0.05, 0) is 26.3 Å². The number of likely N-dealkylation sites (tertiary alicyclic amines) is 1. The van der Waals surface area contributed by atoms with Crippen LogP contribution in [0, 0.1) is 5.92 Å².